The summed E-state index contributed by atoms with van der Waals surface area (Å²) >= 11 is 6.14. The summed E-state index contributed by atoms with van der Waals surface area (Å²) in [5.74, 6) is -1.85. The number of aromatic nitrogens is 2. The third-order valence-electron chi connectivity index (χ3n) is 5.91. The Morgan fingerprint density at radius 2 is 1.75 bits per heavy atom. The van der Waals surface area contributed by atoms with E-state index in [1.54, 1.807) is 36.4 Å². The molecule has 3 N–H and O–H groups in total. The number of carboxylic acids is 1. The van der Waals surface area contributed by atoms with Gasteiger partial charge < -0.3 is 15.2 Å². The van der Waals surface area contributed by atoms with Crippen LogP contribution in [-0.2, 0) is 10.0 Å². The molecule has 10 nitrogen and oxygen atoms in total. The predicted octanol–water partition coefficient (Wildman–Crippen LogP) is 5.57. The maximum absolute atomic E-state index is 13.3. The molecule has 0 radical (unpaired) electrons. The molecule has 0 aliphatic rings. The van der Waals surface area contributed by atoms with E-state index in [4.69, 9.17) is 16.3 Å². The molecule has 4 aromatic rings. The van der Waals surface area contributed by atoms with E-state index in [2.05, 4.69) is 15.1 Å². The first kappa shape index (κ1) is 28.8. The summed E-state index contributed by atoms with van der Waals surface area (Å²) in [6.45, 7) is 5.42. The van der Waals surface area contributed by atoms with Crippen LogP contribution in [0.3, 0.4) is 0 Å². The number of aryl methyl sites for hydroxylation is 1. The van der Waals surface area contributed by atoms with E-state index in [0.29, 0.717) is 12.1 Å². The van der Waals surface area contributed by atoms with Crippen LogP contribution in [-0.4, -0.2) is 41.7 Å². The van der Waals surface area contributed by atoms with E-state index in [9.17, 15) is 23.1 Å². The summed E-state index contributed by atoms with van der Waals surface area (Å²) in [4.78, 5) is 24.4. The van der Waals surface area contributed by atoms with E-state index in [1.807, 2.05) is 26.0 Å². The van der Waals surface area contributed by atoms with Gasteiger partial charge in [-0.1, -0.05) is 48.4 Å². The van der Waals surface area contributed by atoms with Crippen molar-refractivity contribution >= 4 is 39.2 Å². The van der Waals surface area contributed by atoms with Crippen molar-refractivity contribution in [2.45, 2.75) is 32.1 Å². The van der Waals surface area contributed by atoms with Crippen molar-refractivity contribution in [2.75, 3.05) is 11.9 Å². The minimum absolute atomic E-state index is 0.0287. The van der Waals surface area contributed by atoms with Gasteiger partial charge in [0.05, 0.1) is 16.3 Å². The fourth-order valence-corrected chi connectivity index (χ4v) is 5.31. The Morgan fingerprint density at radius 1 is 1.05 bits per heavy atom. The molecule has 3 aromatic carbocycles. The number of nitrogens with zero attached hydrogens (tertiary/aromatic N) is 2. The minimum Gasteiger partial charge on any atom is -0.476 e. The summed E-state index contributed by atoms with van der Waals surface area (Å²) in [7, 11) is -4.11. The molecule has 0 spiro atoms. The van der Waals surface area contributed by atoms with Crippen molar-refractivity contribution in [3.63, 3.8) is 0 Å². The van der Waals surface area contributed by atoms with Gasteiger partial charge in [0.1, 0.15) is 10.6 Å². The van der Waals surface area contributed by atoms with Crippen molar-refractivity contribution in [2.24, 2.45) is 0 Å². The number of amides is 1. The molecule has 208 valence electrons. The number of hydrogen-bond acceptors (Lipinski definition) is 6. The lowest BCUT2D eigenvalue weighted by Crippen LogP contribution is -2.25. The maximum atomic E-state index is 13.3. The fraction of sp³-hybridized carbons (Fsp3) is 0.179. The van der Waals surface area contributed by atoms with E-state index in [0.717, 1.165) is 5.56 Å². The third-order valence-corrected chi connectivity index (χ3v) is 7.72. The minimum atomic E-state index is -4.11. The van der Waals surface area contributed by atoms with Crippen LogP contribution in [0, 0.1) is 13.8 Å². The van der Waals surface area contributed by atoms with Gasteiger partial charge in [0.2, 0.25) is 15.9 Å². The van der Waals surface area contributed by atoms with E-state index < -0.39 is 21.9 Å². The van der Waals surface area contributed by atoms with E-state index in [1.165, 1.54) is 29.8 Å². The topological polar surface area (TPSA) is 140 Å². The average molecular weight is 583 g/mol. The molecular weight excluding hydrogens is 556 g/mol. The summed E-state index contributed by atoms with van der Waals surface area (Å²) in [6.07, 6.45) is 0.541. The number of benzene rings is 3. The van der Waals surface area contributed by atoms with Crippen LogP contribution in [0.1, 0.15) is 45.3 Å². The molecule has 0 unspecified atom stereocenters. The SMILES string of the molecule is CCCNS(=O)(=O)c1cc(NC(=O)c2ccccc2Cl)ccc1Oc1c(C)c(C(=O)O)nn1-c1ccc(C)cc1. The number of anilines is 1. The van der Waals surface area contributed by atoms with Crippen LogP contribution in [0.4, 0.5) is 5.69 Å². The Kier molecular flexibility index (Phi) is 8.58. The van der Waals surface area contributed by atoms with Gasteiger partial charge in [0.25, 0.3) is 5.91 Å². The number of sulfonamides is 1. The predicted molar refractivity (Wildman–Crippen MR) is 151 cm³/mol. The lowest BCUT2D eigenvalue weighted by molar-refractivity contribution is 0.0689. The molecule has 0 atom stereocenters. The Bertz CT molecular complexity index is 1680. The standard InChI is InChI=1S/C28H27ClN4O6S/c1-4-15-30-40(37,38)24-16-19(31-26(34)21-7-5-6-8-22(21)29)11-14-23(24)39-27-18(3)25(28(35)36)32-33(27)20-12-9-17(2)10-13-20/h5-14,16,30H,4,15H2,1-3H3,(H,31,34)(H,35,36). The van der Waals surface area contributed by atoms with Gasteiger partial charge >= 0.3 is 5.97 Å². The molecular formula is C28H27ClN4O6S. The van der Waals surface area contributed by atoms with E-state index in [-0.39, 0.29) is 50.6 Å². The molecule has 0 bridgehead atoms. The Morgan fingerprint density at radius 3 is 2.40 bits per heavy atom. The van der Waals surface area contributed by atoms with Crippen LogP contribution in [0.15, 0.2) is 71.6 Å². The number of carboxylic acid groups (broad SMARTS) is 1. The second-order valence-electron chi connectivity index (χ2n) is 8.93. The average Bonchev–Trinajstić information content (AvgIpc) is 3.25. The monoisotopic (exact) mass is 582 g/mol. The lowest BCUT2D eigenvalue weighted by Gasteiger charge is -2.16. The van der Waals surface area contributed by atoms with Gasteiger partial charge in [0, 0.05) is 17.8 Å². The highest BCUT2D eigenvalue weighted by Gasteiger charge is 2.26. The molecule has 0 saturated carbocycles. The maximum Gasteiger partial charge on any atom is 0.356 e. The van der Waals surface area contributed by atoms with Crippen LogP contribution >= 0.6 is 11.6 Å². The Labute approximate surface area is 236 Å². The highest BCUT2D eigenvalue weighted by atomic mass is 35.5. The Hall–Kier alpha value is -4.19. The second kappa shape index (κ2) is 11.9. The molecule has 0 saturated heterocycles. The first-order chi connectivity index (χ1) is 19.0. The van der Waals surface area contributed by atoms with Crippen LogP contribution in [0.2, 0.25) is 5.02 Å². The first-order valence-electron chi connectivity index (χ1n) is 12.3. The number of rotatable bonds is 10. The van der Waals surface area contributed by atoms with Crippen LogP contribution < -0.4 is 14.8 Å². The molecule has 1 heterocycles. The van der Waals surface area contributed by atoms with Gasteiger partial charge in [-0.05, 0) is 62.7 Å². The van der Waals surface area contributed by atoms with Gasteiger partial charge in [-0.3, -0.25) is 4.79 Å². The van der Waals surface area contributed by atoms with Gasteiger partial charge in [-0.2, -0.15) is 9.78 Å². The number of halogens is 1. The zero-order chi connectivity index (χ0) is 29.0. The largest absolute Gasteiger partial charge is 0.476 e. The van der Waals surface area contributed by atoms with Crippen molar-refractivity contribution in [3.05, 3.63) is 94.1 Å². The number of hydrogen-bond donors (Lipinski definition) is 3. The normalized spacial score (nSPS) is 11.3. The quantitative estimate of drug-likeness (QED) is 0.222. The van der Waals surface area contributed by atoms with Crippen LogP contribution in [0.25, 0.3) is 5.69 Å². The lowest BCUT2D eigenvalue weighted by atomic mass is 10.2. The zero-order valence-corrected chi connectivity index (χ0v) is 23.5. The highest BCUT2D eigenvalue weighted by Crippen LogP contribution is 2.35. The fourth-order valence-electron chi connectivity index (χ4n) is 3.81. The van der Waals surface area contributed by atoms with E-state index >= 15 is 0 Å². The van der Waals surface area contributed by atoms with Gasteiger partial charge in [-0.25, -0.2) is 17.9 Å². The number of aromatic carboxylic acids is 1. The summed E-state index contributed by atoms with van der Waals surface area (Å²) < 4.78 is 36.5. The summed E-state index contributed by atoms with van der Waals surface area (Å²) in [5.41, 5.74) is 1.87. The molecule has 0 aliphatic heterocycles. The van der Waals surface area contributed by atoms with Crippen molar-refractivity contribution < 1.29 is 27.9 Å². The second-order valence-corrected chi connectivity index (χ2v) is 11.1. The molecule has 40 heavy (non-hydrogen) atoms. The molecule has 1 amide bonds. The van der Waals surface area contributed by atoms with Crippen molar-refractivity contribution in [1.82, 2.24) is 14.5 Å². The Balaban J connectivity index is 1.80. The molecule has 0 aliphatic carbocycles. The number of ether oxygens (including phenoxy) is 1. The van der Waals surface area contributed by atoms with Crippen molar-refractivity contribution in [3.8, 4) is 17.3 Å². The smallest absolute Gasteiger partial charge is 0.356 e. The van der Waals surface area contributed by atoms with Gasteiger partial charge in [0.15, 0.2) is 5.69 Å². The molecule has 1 aromatic heterocycles. The number of nitrogens with one attached hydrogen (secondary N) is 2. The number of carbonyl (C=O) groups is 2. The molecule has 4 rings (SSSR count). The first-order valence-corrected chi connectivity index (χ1v) is 14.2. The molecule has 0 fully saturated rings. The number of carbonyl (C=O) groups excluding carboxylic acids is 1. The summed E-state index contributed by atoms with van der Waals surface area (Å²) in [6, 6.07) is 17.7. The summed E-state index contributed by atoms with van der Waals surface area (Å²) in [5, 5.41) is 16.8. The highest BCUT2D eigenvalue weighted by molar-refractivity contribution is 7.89. The van der Waals surface area contributed by atoms with Crippen molar-refractivity contribution in [1.29, 1.82) is 0 Å². The van der Waals surface area contributed by atoms with Crippen LogP contribution in [0.5, 0.6) is 11.6 Å². The third kappa shape index (κ3) is 6.17. The molecule has 12 heteroatoms. The van der Waals surface area contributed by atoms with Gasteiger partial charge in [-0.15, -0.1) is 0 Å². The zero-order valence-electron chi connectivity index (χ0n) is 21.9.